The van der Waals surface area contributed by atoms with Crippen LogP contribution in [0.3, 0.4) is 0 Å². The van der Waals surface area contributed by atoms with E-state index in [2.05, 4.69) is 48.3 Å². The second kappa shape index (κ2) is 8.95. The van der Waals surface area contributed by atoms with E-state index in [1.807, 2.05) is 36.4 Å². The van der Waals surface area contributed by atoms with Gasteiger partial charge < -0.3 is 14.2 Å². The summed E-state index contributed by atoms with van der Waals surface area (Å²) in [5, 5.41) is 7.13. The first kappa shape index (κ1) is 20.4. The predicted octanol–water partition coefficient (Wildman–Crippen LogP) is 6.12. The van der Waals surface area contributed by atoms with E-state index in [1.165, 1.54) is 5.56 Å². The monoisotopic (exact) mass is 428 g/mol. The molecule has 32 heavy (non-hydrogen) atoms. The minimum absolute atomic E-state index is 0.141. The van der Waals surface area contributed by atoms with Crippen molar-refractivity contribution in [2.45, 2.75) is 38.5 Å². The fourth-order valence-electron chi connectivity index (χ4n) is 4.28. The molecule has 2 atom stereocenters. The first-order valence-corrected chi connectivity index (χ1v) is 11.3. The second-order valence-electron chi connectivity index (χ2n) is 8.15. The SMILES string of the molecule is CCCCOc1ccc([C@H]2Oc3ccccc3[C@H]3CC(c4ccc(OC)cc4)=NN32)cc1. The molecule has 0 saturated carbocycles. The van der Waals surface area contributed by atoms with E-state index < -0.39 is 0 Å². The second-order valence-corrected chi connectivity index (χ2v) is 8.15. The Morgan fingerprint density at radius 2 is 1.72 bits per heavy atom. The molecule has 5 heteroatoms. The lowest BCUT2D eigenvalue weighted by atomic mass is 9.96. The zero-order valence-electron chi connectivity index (χ0n) is 18.5. The third kappa shape index (κ3) is 3.91. The Bertz CT molecular complexity index is 1090. The Balaban J connectivity index is 1.45. The molecule has 0 radical (unpaired) electrons. The summed E-state index contributed by atoms with van der Waals surface area (Å²) in [5.41, 5.74) is 4.40. The summed E-state index contributed by atoms with van der Waals surface area (Å²) in [6.45, 7) is 2.91. The summed E-state index contributed by atoms with van der Waals surface area (Å²) >= 11 is 0. The van der Waals surface area contributed by atoms with Crippen LogP contribution >= 0.6 is 0 Å². The van der Waals surface area contributed by atoms with Crippen molar-refractivity contribution in [1.29, 1.82) is 0 Å². The van der Waals surface area contributed by atoms with Gasteiger partial charge in [-0.3, -0.25) is 0 Å². The zero-order valence-corrected chi connectivity index (χ0v) is 18.5. The average Bonchev–Trinajstić information content (AvgIpc) is 3.30. The van der Waals surface area contributed by atoms with Crippen LogP contribution in [0.15, 0.2) is 77.9 Å². The number of methoxy groups -OCH3 is 1. The van der Waals surface area contributed by atoms with Crippen molar-refractivity contribution in [3.05, 3.63) is 89.5 Å². The molecule has 0 bridgehead atoms. The van der Waals surface area contributed by atoms with Gasteiger partial charge in [0, 0.05) is 17.5 Å². The zero-order chi connectivity index (χ0) is 21.9. The van der Waals surface area contributed by atoms with Gasteiger partial charge in [-0.05, 0) is 66.6 Å². The van der Waals surface area contributed by atoms with Crippen LogP contribution in [-0.2, 0) is 0 Å². The highest BCUT2D eigenvalue weighted by Crippen LogP contribution is 2.47. The van der Waals surface area contributed by atoms with Crippen LogP contribution in [0.2, 0.25) is 0 Å². The number of fused-ring (bicyclic) bond motifs is 3. The van der Waals surface area contributed by atoms with Gasteiger partial charge in [0.1, 0.15) is 17.2 Å². The number of nitrogens with zero attached hydrogens (tertiary/aromatic N) is 2. The maximum absolute atomic E-state index is 6.45. The van der Waals surface area contributed by atoms with Gasteiger partial charge in [0.15, 0.2) is 0 Å². The molecule has 164 valence electrons. The smallest absolute Gasteiger partial charge is 0.213 e. The van der Waals surface area contributed by atoms with Crippen molar-refractivity contribution in [2.24, 2.45) is 5.10 Å². The first-order valence-electron chi connectivity index (χ1n) is 11.3. The Morgan fingerprint density at radius 3 is 2.47 bits per heavy atom. The van der Waals surface area contributed by atoms with E-state index in [0.29, 0.717) is 0 Å². The molecule has 0 spiro atoms. The molecule has 2 heterocycles. The molecule has 0 aliphatic carbocycles. The van der Waals surface area contributed by atoms with Gasteiger partial charge in [-0.15, -0.1) is 0 Å². The molecular formula is C27H28N2O3. The molecule has 5 rings (SSSR count). The number of benzene rings is 3. The van der Waals surface area contributed by atoms with Crippen LogP contribution in [0, 0.1) is 0 Å². The molecule has 2 aliphatic heterocycles. The van der Waals surface area contributed by atoms with E-state index >= 15 is 0 Å². The number of hydrazone groups is 1. The average molecular weight is 429 g/mol. The van der Waals surface area contributed by atoms with Gasteiger partial charge in [0.25, 0.3) is 0 Å². The minimum atomic E-state index is -0.282. The van der Waals surface area contributed by atoms with Crippen LogP contribution in [0.1, 0.15) is 55.1 Å². The lowest BCUT2D eigenvalue weighted by Gasteiger charge is -2.38. The van der Waals surface area contributed by atoms with Crippen molar-refractivity contribution in [3.63, 3.8) is 0 Å². The number of hydrogen-bond acceptors (Lipinski definition) is 5. The van der Waals surface area contributed by atoms with Gasteiger partial charge in [0.05, 0.1) is 25.5 Å². The normalized spacial score (nSPS) is 18.9. The predicted molar refractivity (Wildman–Crippen MR) is 125 cm³/mol. The molecule has 3 aromatic carbocycles. The topological polar surface area (TPSA) is 43.3 Å². The third-order valence-electron chi connectivity index (χ3n) is 6.05. The standard InChI is InChI=1S/C27H28N2O3/c1-3-4-17-31-22-15-11-20(12-16-22)27-29-25(23-7-5-6-8-26(23)32-27)18-24(28-29)19-9-13-21(30-2)14-10-19/h5-16,25,27H,3-4,17-18H2,1-2H3/t25-,27-/m1/s1. The highest BCUT2D eigenvalue weighted by atomic mass is 16.5. The van der Waals surface area contributed by atoms with Crippen LogP contribution in [0.5, 0.6) is 17.2 Å². The molecule has 0 aromatic heterocycles. The van der Waals surface area contributed by atoms with E-state index in [1.54, 1.807) is 7.11 Å². The van der Waals surface area contributed by atoms with E-state index in [4.69, 9.17) is 19.3 Å². The Kier molecular flexibility index (Phi) is 5.71. The number of rotatable bonds is 7. The fraction of sp³-hybridized carbons (Fsp3) is 0.296. The Morgan fingerprint density at radius 1 is 0.969 bits per heavy atom. The van der Waals surface area contributed by atoms with Crippen molar-refractivity contribution in [1.82, 2.24) is 5.01 Å². The summed E-state index contributed by atoms with van der Waals surface area (Å²) in [6.07, 6.45) is 2.73. The molecule has 2 aliphatic rings. The molecule has 0 amide bonds. The minimum Gasteiger partial charge on any atom is -0.497 e. The van der Waals surface area contributed by atoms with Crippen LogP contribution in [0.25, 0.3) is 0 Å². The van der Waals surface area contributed by atoms with Crippen molar-refractivity contribution in [3.8, 4) is 17.2 Å². The molecule has 0 N–H and O–H groups in total. The molecule has 3 aromatic rings. The third-order valence-corrected chi connectivity index (χ3v) is 6.05. The van der Waals surface area contributed by atoms with E-state index in [-0.39, 0.29) is 12.3 Å². The largest absolute Gasteiger partial charge is 0.497 e. The van der Waals surface area contributed by atoms with Gasteiger partial charge in [-0.25, -0.2) is 5.01 Å². The number of ether oxygens (including phenoxy) is 3. The number of para-hydroxylation sites is 1. The maximum atomic E-state index is 6.45. The van der Waals surface area contributed by atoms with Crippen molar-refractivity contribution >= 4 is 5.71 Å². The highest BCUT2D eigenvalue weighted by Gasteiger charge is 2.40. The fourth-order valence-corrected chi connectivity index (χ4v) is 4.28. The summed E-state index contributed by atoms with van der Waals surface area (Å²) < 4.78 is 17.6. The van der Waals surface area contributed by atoms with Gasteiger partial charge in [0.2, 0.25) is 6.23 Å². The van der Waals surface area contributed by atoms with Crippen molar-refractivity contribution in [2.75, 3.05) is 13.7 Å². The summed E-state index contributed by atoms with van der Waals surface area (Å²) in [4.78, 5) is 0. The summed E-state index contributed by atoms with van der Waals surface area (Å²) in [6, 6.07) is 24.7. The maximum Gasteiger partial charge on any atom is 0.213 e. The molecule has 0 fully saturated rings. The van der Waals surface area contributed by atoms with Crippen LogP contribution in [0.4, 0.5) is 0 Å². The van der Waals surface area contributed by atoms with Gasteiger partial charge >= 0.3 is 0 Å². The Labute approximate surface area is 189 Å². The van der Waals surface area contributed by atoms with E-state index in [9.17, 15) is 0 Å². The van der Waals surface area contributed by atoms with E-state index in [0.717, 1.165) is 60.0 Å². The molecular weight excluding hydrogens is 400 g/mol. The van der Waals surface area contributed by atoms with Crippen molar-refractivity contribution < 1.29 is 14.2 Å². The number of hydrogen-bond donors (Lipinski definition) is 0. The summed E-state index contributed by atoms with van der Waals surface area (Å²) in [5.74, 6) is 2.66. The van der Waals surface area contributed by atoms with Gasteiger partial charge in [-0.1, -0.05) is 31.5 Å². The lowest BCUT2D eigenvalue weighted by molar-refractivity contribution is -0.0190. The quantitative estimate of drug-likeness (QED) is 0.426. The highest BCUT2D eigenvalue weighted by molar-refractivity contribution is 6.02. The molecule has 0 unspecified atom stereocenters. The Hall–Kier alpha value is -3.47. The number of unbranched alkanes of at least 4 members (excludes halogenated alkanes) is 1. The molecule has 5 nitrogen and oxygen atoms in total. The lowest BCUT2D eigenvalue weighted by Crippen LogP contribution is -2.33. The van der Waals surface area contributed by atoms with Crippen LogP contribution < -0.4 is 14.2 Å². The van der Waals surface area contributed by atoms with Crippen LogP contribution in [-0.4, -0.2) is 24.4 Å². The first-order chi connectivity index (χ1) is 15.8. The molecule has 0 saturated heterocycles. The summed E-state index contributed by atoms with van der Waals surface area (Å²) in [7, 11) is 1.68. The van der Waals surface area contributed by atoms with Gasteiger partial charge in [-0.2, -0.15) is 5.10 Å².